The largest absolute Gasteiger partial charge is 0.417 e. The fraction of sp³-hybridized carbons (Fsp3) is 0. The van der Waals surface area contributed by atoms with E-state index in [-0.39, 0.29) is 5.76 Å². The maximum atomic E-state index is 11.4. The second-order valence-electron chi connectivity index (χ2n) is 2.96. The van der Waals surface area contributed by atoms with E-state index in [9.17, 15) is 9.59 Å². The zero-order valence-corrected chi connectivity index (χ0v) is 7.69. The molecule has 2 aromatic rings. The van der Waals surface area contributed by atoms with Crippen LogP contribution in [0.5, 0.6) is 0 Å². The van der Waals surface area contributed by atoms with E-state index in [2.05, 4.69) is 0 Å². The van der Waals surface area contributed by atoms with Gasteiger partial charge in [-0.25, -0.2) is 10.6 Å². The van der Waals surface area contributed by atoms with Gasteiger partial charge >= 0.3 is 11.5 Å². The minimum absolute atomic E-state index is 0.0961. The summed E-state index contributed by atoms with van der Waals surface area (Å²) in [4.78, 5) is 22.6. The number of nitrogens with two attached hydrogens (primary N) is 1. The van der Waals surface area contributed by atoms with E-state index in [1.54, 1.807) is 24.3 Å². The van der Waals surface area contributed by atoms with Crippen LogP contribution in [0.3, 0.4) is 0 Å². The Morgan fingerprint density at radius 1 is 1.33 bits per heavy atom. The van der Waals surface area contributed by atoms with Crippen molar-refractivity contribution in [2.45, 2.75) is 0 Å². The van der Waals surface area contributed by atoms with Crippen molar-refractivity contribution in [3.8, 4) is 0 Å². The molecule has 0 fully saturated rings. The van der Waals surface area contributed by atoms with Crippen molar-refractivity contribution >= 4 is 16.7 Å². The van der Waals surface area contributed by atoms with E-state index in [1.165, 1.54) is 6.07 Å². The zero-order valence-electron chi connectivity index (χ0n) is 7.69. The van der Waals surface area contributed by atoms with Gasteiger partial charge in [0.25, 0.3) is 0 Å². The molecule has 0 saturated heterocycles. The normalized spacial score (nSPS) is 10.2. The van der Waals surface area contributed by atoms with Crippen molar-refractivity contribution in [1.29, 1.82) is 0 Å². The molecule has 3 N–H and O–H groups in total. The quantitative estimate of drug-likeness (QED) is 0.400. The molecular formula is C10H8N2O3. The Bertz CT molecular complexity index is 574. The number of nitrogens with one attached hydrogen (secondary N) is 1. The van der Waals surface area contributed by atoms with Gasteiger partial charge in [-0.1, -0.05) is 18.2 Å². The van der Waals surface area contributed by atoms with Gasteiger partial charge < -0.3 is 4.42 Å². The lowest BCUT2D eigenvalue weighted by Gasteiger charge is -1.99. The fourth-order valence-electron chi connectivity index (χ4n) is 1.32. The molecule has 0 atom stereocenters. The number of nitrogen functional groups attached to an aromatic ring is 1. The van der Waals surface area contributed by atoms with Crippen LogP contribution < -0.4 is 16.9 Å². The summed E-state index contributed by atoms with van der Waals surface area (Å²) < 4.78 is 4.80. The molecule has 5 heteroatoms. The average molecular weight is 204 g/mol. The maximum absolute atomic E-state index is 11.4. The van der Waals surface area contributed by atoms with E-state index >= 15 is 0 Å². The van der Waals surface area contributed by atoms with Crippen LogP contribution in [0.2, 0.25) is 0 Å². The van der Waals surface area contributed by atoms with Crippen LogP contribution in [-0.2, 0) is 0 Å². The average Bonchev–Trinajstić information content (AvgIpc) is 2.28. The second kappa shape index (κ2) is 3.55. The van der Waals surface area contributed by atoms with E-state index in [0.29, 0.717) is 10.8 Å². The number of fused-ring (bicyclic) bond motifs is 1. The van der Waals surface area contributed by atoms with Gasteiger partial charge in [0.2, 0.25) is 0 Å². The molecule has 0 spiro atoms. The monoisotopic (exact) mass is 204 g/mol. The molecule has 0 unspecified atom stereocenters. The maximum Gasteiger partial charge on any atom is 0.344 e. The smallest absolute Gasteiger partial charge is 0.344 e. The lowest BCUT2D eigenvalue weighted by Crippen LogP contribution is -2.30. The molecule has 0 radical (unpaired) electrons. The van der Waals surface area contributed by atoms with Crippen molar-refractivity contribution < 1.29 is 9.21 Å². The molecule has 15 heavy (non-hydrogen) atoms. The summed E-state index contributed by atoms with van der Waals surface area (Å²) in [7, 11) is 0. The lowest BCUT2D eigenvalue weighted by molar-refractivity contribution is 0.0922. The van der Waals surface area contributed by atoms with Gasteiger partial charge in [0.1, 0.15) is 0 Å². The molecule has 1 amide bonds. The summed E-state index contributed by atoms with van der Waals surface area (Å²) in [5, 5.41) is 1.08. The molecule has 0 bridgehead atoms. The Hall–Kier alpha value is -2.14. The van der Waals surface area contributed by atoms with E-state index < -0.39 is 11.5 Å². The highest BCUT2D eigenvalue weighted by Gasteiger charge is 2.09. The first-order valence-electron chi connectivity index (χ1n) is 4.26. The van der Waals surface area contributed by atoms with Gasteiger partial charge in [-0.15, -0.1) is 0 Å². The van der Waals surface area contributed by atoms with Crippen LogP contribution in [0.4, 0.5) is 0 Å². The molecule has 1 heterocycles. The third-order valence-corrected chi connectivity index (χ3v) is 2.02. The summed E-state index contributed by atoms with van der Waals surface area (Å²) >= 11 is 0. The molecule has 2 rings (SSSR count). The predicted octanol–water partition coefficient (Wildman–Crippen LogP) is 0.396. The van der Waals surface area contributed by atoms with Gasteiger partial charge in [0.05, 0.1) is 5.39 Å². The Balaban J connectivity index is 2.73. The highest BCUT2D eigenvalue weighted by atomic mass is 16.4. The third-order valence-electron chi connectivity index (χ3n) is 2.02. The van der Waals surface area contributed by atoms with Gasteiger partial charge in [0.15, 0.2) is 5.76 Å². The molecule has 1 aromatic heterocycles. The number of benzene rings is 1. The summed E-state index contributed by atoms with van der Waals surface area (Å²) in [6.45, 7) is 0. The number of hydrazine groups is 1. The van der Waals surface area contributed by atoms with Crippen molar-refractivity contribution in [3.05, 3.63) is 46.5 Å². The van der Waals surface area contributed by atoms with Crippen molar-refractivity contribution in [2.24, 2.45) is 5.84 Å². The van der Waals surface area contributed by atoms with Crippen LogP contribution in [0.1, 0.15) is 10.6 Å². The predicted molar refractivity (Wildman–Crippen MR) is 54.1 cm³/mol. The van der Waals surface area contributed by atoms with Crippen LogP contribution in [0.25, 0.3) is 10.8 Å². The molecule has 5 nitrogen and oxygen atoms in total. The van der Waals surface area contributed by atoms with Crippen molar-refractivity contribution in [2.75, 3.05) is 0 Å². The molecule has 76 valence electrons. The molecule has 0 aliphatic carbocycles. The van der Waals surface area contributed by atoms with Crippen molar-refractivity contribution in [1.82, 2.24) is 5.43 Å². The number of hydrogen-bond donors (Lipinski definition) is 2. The number of carbonyl (C=O) groups is 1. The zero-order chi connectivity index (χ0) is 10.8. The number of hydrogen-bond acceptors (Lipinski definition) is 4. The third kappa shape index (κ3) is 1.60. The summed E-state index contributed by atoms with van der Waals surface area (Å²) in [6.07, 6.45) is 0. The second-order valence-corrected chi connectivity index (χ2v) is 2.96. The molecule has 0 aliphatic rings. The van der Waals surface area contributed by atoms with E-state index in [0.717, 1.165) is 0 Å². The minimum Gasteiger partial charge on any atom is -0.417 e. The topological polar surface area (TPSA) is 85.3 Å². The van der Waals surface area contributed by atoms with Crippen LogP contribution >= 0.6 is 0 Å². The summed E-state index contributed by atoms with van der Waals surface area (Å²) in [5.74, 6) is 4.21. The first-order chi connectivity index (χ1) is 7.22. The molecular weight excluding hydrogens is 196 g/mol. The minimum atomic E-state index is -0.627. The fourth-order valence-corrected chi connectivity index (χ4v) is 1.32. The Morgan fingerprint density at radius 3 is 2.80 bits per heavy atom. The Kier molecular flexibility index (Phi) is 2.23. The highest BCUT2D eigenvalue weighted by Crippen LogP contribution is 2.11. The summed E-state index contributed by atoms with van der Waals surface area (Å²) in [6, 6.07) is 8.32. The number of rotatable bonds is 1. The van der Waals surface area contributed by atoms with Crippen LogP contribution in [0.15, 0.2) is 39.5 Å². The molecule has 0 aliphatic heterocycles. The van der Waals surface area contributed by atoms with E-state index in [1.807, 2.05) is 5.43 Å². The standard InChI is InChI=1S/C10H8N2O3/c11-12-9(13)8-5-6-3-1-2-4-7(6)10(14)15-8/h1-5H,11H2,(H,12,13). The Morgan fingerprint density at radius 2 is 2.07 bits per heavy atom. The molecule has 1 aromatic carbocycles. The van der Waals surface area contributed by atoms with Crippen LogP contribution in [0, 0.1) is 0 Å². The highest BCUT2D eigenvalue weighted by molar-refractivity contribution is 5.94. The molecule has 0 saturated carbocycles. The first kappa shape index (κ1) is 9.42. The van der Waals surface area contributed by atoms with Crippen LogP contribution in [-0.4, -0.2) is 5.91 Å². The first-order valence-corrected chi connectivity index (χ1v) is 4.26. The SMILES string of the molecule is NNC(=O)c1cc2ccccc2c(=O)o1. The van der Waals surface area contributed by atoms with Gasteiger partial charge in [-0.2, -0.15) is 0 Å². The van der Waals surface area contributed by atoms with E-state index in [4.69, 9.17) is 10.3 Å². The van der Waals surface area contributed by atoms with Gasteiger partial charge in [-0.3, -0.25) is 10.2 Å². The number of amides is 1. The van der Waals surface area contributed by atoms with Gasteiger partial charge in [-0.05, 0) is 17.5 Å². The summed E-state index contributed by atoms with van der Waals surface area (Å²) in [5.41, 5.74) is 1.35. The Labute approximate surface area is 84.5 Å². The van der Waals surface area contributed by atoms with Gasteiger partial charge in [0, 0.05) is 0 Å². The van der Waals surface area contributed by atoms with Crippen molar-refractivity contribution in [3.63, 3.8) is 0 Å². The number of carbonyl (C=O) groups excluding carboxylic acids is 1. The lowest BCUT2D eigenvalue weighted by atomic mass is 10.1.